The average Bonchev–Trinajstić information content (AvgIpc) is 2.93. The second-order valence-corrected chi connectivity index (χ2v) is 10.7. The fourth-order valence-corrected chi connectivity index (χ4v) is 5.32. The van der Waals surface area contributed by atoms with Gasteiger partial charge in [-0.3, -0.25) is 9.79 Å². The van der Waals surface area contributed by atoms with Crippen LogP contribution in [0.3, 0.4) is 0 Å². The Morgan fingerprint density at radius 2 is 1.97 bits per heavy atom. The van der Waals surface area contributed by atoms with Gasteiger partial charge in [-0.1, -0.05) is 54.1 Å². The number of halogens is 3. The normalized spacial score (nSPS) is 17.7. The van der Waals surface area contributed by atoms with Gasteiger partial charge >= 0.3 is 0 Å². The molecule has 0 radical (unpaired) electrons. The van der Waals surface area contributed by atoms with Gasteiger partial charge in [0.15, 0.2) is 5.72 Å². The van der Waals surface area contributed by atoms with E-state index in [1.807, 2.05) is 0 Å². The fraction of sp³-hybridized carbons (Fsp3) is 0.400. The summed E-state index contributed by atoms with van der Waals surface area (Å²) in [5.41, 5.74) is 0.270. The van der Waals surface area contributed by atoms with E-state index in [0.717, 1.165) is 25.9 Å². The molecule has 0 aromatic heterocycles. The van der Waals surface area contributed by atoms with E-state index in [9.17, 15) is 9.90 Å². The van der Waals surface area contributed by atoms with E-state index in [-0.39, 0.29) is 18.0 Å². The SMILES string of the molecule is C=C(CN(C=O)[C@@](OC)(c1ccc(Cl)cc1)c1c(C)cc(C(O)C2CCN(C)CC2)cc1F)N=C/C(Cl)=C\C. The van der Waals surface area contributed by atoms with Crippen LogP contribution >= 0.6 is 23.2 Å². The Kier molecular flexibility index (Phi) is 10.9. The van der Waals surface area contributed by atoms with Crippen LogP contribution in [0.2, 0.25) is 5.02 Å². The molecule has 1 aliphatic heterocycles. The highest BCUT2D eigenvalue weighted by molar-refractivity contribution is 6.39. The van der Waals surface area contributed by atoms with Crippen LogP contribution in [-0.4, -0.2) is 61.3 Å². The molecule has 1 N–H and O–H groups in total. The smallest absolute Gasteiger partial charge is 0.212 e. The first-order chi connectivity index (χ1) is 18.6. The van der Waals surface area contributed by atoms with E-state index in [1.165, 1.54) is 24.3 Å². The topological polar surface area (TPSA) is 65.4 Å². The molecule has 3 rings (SSSR count). The Balaban J connectivity index is 2.12. The molecule has 1 amide bonds. The summed E-state index contributed by atoms with van der Waals surface area (Å²) in [5, 5.41) is 12.0. The van der Waals surface area contributed by atoms with Crippen molar-refractivity contribution in [2.75, 3.05) is 33.8 Å². The number of carbonyl (C=O) groups is 1. The minimum absolute atomic E-state index is 0.0333. The number of nitrogens with zero attached hydrogens (tertiary/aromatic N) is 3. The maximum Gasteiger partial charge on any atom is 0.212 e. The number of allylic oxidation sites excluding steroid dienone is 2. The summed E-state index contributed by atoms with van der Waals surface area (Å²) in [4.78, 5) is 20.4. The summed E-state index contributed by atoms with van der Waals surface area (Å²) in [6, 6.07) is 9.79. The summed E-state index contributed by atoms with van der Waals surface area (Å²) in [6.07, 6.45) is 4.52. The quantitative estimate of drug-likeness (QED) is 0.197. The van der Waals surface area contributed by atoms with Crippen molar-refractivity contribution in [1.29, 1.82) is 0 Å². The number of piperidine rings is 1. The summed E-state index contributed by atoms with van der Waals surface area (Å²) < 4.78 is 22.3. The van der Waals surface area contributed by atoms with Crippen molar-refractivity contribution in [1.82, 2.24) is 9.80 Å². The first kappa shape index (κ1) is 31.0. The Morgan fingerprint density at radius 3 is 2.51 bits per heavy atom. The number of aliphatic imine (C=N–C) groups is 1. The van der Waals surface area contributed by atoms with Gasteiger partial charge in [0.25, 0.3) is 0 Å². The van der Waals surface area contributed by atoms with Gasteiger partial charge in [0.1, 0.15) is 5.82 Å². The predicted molar refractivity (Wildman–Crippen MR) is 156 cm³/mol. The largest absolute Gasteiger partial charge is 0.388 e. The molecule has 1 heterocycles. The van der Waals surface area contributed by atoms with Crippen LogP contribution in [0, 0.1) is 18.7 Å². The van der Waals surface area contributed by atoms with Crippen molar-refractivity contribution in [2.45, 2.75) is 38.5 Å². The number of aliphatic hydroxyl groups is 1. The number of rotatable bonds is 11. The summed E-state index contributed by atoms with van der Waals surface area (Å²) in [5.74, 6) is -0.572. The Hall–Kier alpha value is -2.55. The lowest BCUT2D eigenvalue weighted by Gasteiger charge is -2.42. The number of aryl methyl sites for hydroxylation is 1. The summed E-state index contributed by atoms with van der Waals surface area (Å²) in [6.45, 7) is 9.14. The van der Waals surface area contributed by atoms with Gasteiger partial charge in [-0.25, -0.2) is 4.39 Å². The van der Waals surface area contributed by atoms with E-state index in [4.69, 9.17) is 27.9 Å². The minimum Gasteiger partial charge on any atom is -0.388 e. The molecule has 0 aliphatic carbocycles. The zero-order valence-corrected chi connectivity index (χ0v) is 24.3. The maximum atomic E-state index is 16.2. The molecule has 2 aromatic rings. The van der Waals surface area contributed by atoms with Crippen molar-refractivity contribution in [2.24, 2.45) is 10.9 Å². The fourth-order valence-electron chi connectivity index (χ4n) is 5.14. The third-order valence-electron chi connectivity index (χ3n) is 7.26. The number of hydrogen-bond donors (Lipinski definition) is 1. The van der Waals surface area contributed by atoms with Gasteiger partial charge in [-0.05, 0) is 82.1 Å². The number of likely N-dealkylation sites (tertiary alicyclic amines) is 1. The van der Waals surface area contributed by atoms with Crippen LogP contribution in [0.25, 0.3) is 0 Å². The molecule has 210 valence electrons. The zero-order chi connectivity index (χ0) is 28.7. The van der Waals surface area contributed by atoms with Crippen molar-refractivity contribution in [3.8, 4) is 0 Å². The van der Waals surface area contributed by atoms with Crippen LogP contribution < -0.4 is 0 Å². The molecule has 1 saturated heterocycles. The number of methoxy groups -OCH3 is 1. The number of aliphatic hydroxyl groups excluding tert-OH is 1. The lowest BCUT2D eigenvalue weighted by molar-refractivity contribution is -0.146. The minimum atomic E-state index is -1.68. The summed E-state index contributed by atoms with van der Waals surface area (Å²) >= 11 is 12.2. The average molecular weight is 577 g/mol. The van der Waals surface area contributed by atoms with E-state index < -0.39 is 17.6 Å². The van der Waals surface area contributed by atoms with Crippen LogP contribution in [0.5, 0.6) is 0 Å². The molecule has 0 spiro atoms. The summed E-state index contributed by atoms with van der Waals surface area (Å²) in [7, 11) is 3.46. The number of hydrogen-bond acceptors (Lipinski definition) is 5. The molecule has 0 saturated carbocycles. The Bertz CT molecular complexity index is 1200. The van der Waals surface area contributed by atoms with Gasteiger partial charge in [0, 0.05) is 29.5 Å². The van der Waals surface area contributed by atoms with Gasteiger partial charge in [0.2, 0.25) is 6.41 Å². The van der Waals surface area contributed by atoms with Crippen LogP contribution in [0.4, 0.5) is 4.39 Å². The third-order valence-corrected chi connectivity index (χ3v) is 7.83. The van der Waals surface area contributed by atoms with Crippen LogP contribution in [-0.2, 0) is 15.3 Å². The highest BCUT2D eigenvalue weighted by Crippen LogP contribution is 2.42. The van der Waals surface area contributed by atoms with Crippen molar-refractivity contribution in [3.63, 3.8) is 0 Å². The van der Waals surface area contributed by atoms with E-state index in [1.54, 1.807) is 50.3 Å². The predicted octanol–water partition coefficient (Wildman–Crippen LogP) is 6.20. The van der Waals surface area contributed by atoms with Crippen molar-refractivity contribution in [3.05, 3.63) is 92.9 Å². The lowest BCUT2D eigenvalue weighted by atomic mass is 9.83. The van der Waals surface area contributed by atoms with Gasteiger partial charge in [-0.15, -0.1) is 0 Å². The van der Waals surface area contributed by atoms with E-state index in [0.29, 0.717) is 38.9 Å². The zero-order valence-electron chi connectivity index (χ0n) is 22.8. The van der Waals surface area contributed by atoms with Gasteiger partial charge < -0.3 is 19.6 Å². The Morgan fingerprint density at radius 1 is 1.33 bits per heavy atom. The maximum absolute atomic E-state index is 16.2. The molecule has 2 aromatic carbocycles. The highest BCUT2D eigenvalue weighted by Gasteiger charge is 2.44. The molecule has 6 nitrogen and oxygen atoms in total. The molecule has 9 heteroatoms. The molecule has 2 atom stereocenters. The van der Waals surface area contributed by atoms with Crippen molar-refractivity contribution < 1.29 is 19.0 Å². The van der Waals surface area contributed by atoms with E-state index in [2.05, 4.69) is 23.5 Å². The highest BCUT2D eigenvalue weighted by atomic mass is 35.5. The Labute approximate surface area is 240 Å². The standard InChI is InChI=1S/C30H36Cl2FN3O3/c1-6-25(31)17-34-21(3)18-36(19-37)30(39-5,24-7-9-26(32)10-8-24)28-20(2)15-23(16-27(28)33)29(38)22-11-13-35(4)14-12-22/h6-10,15-17,19,22,29,38H,3,11-14,18H2,1-2,4-5H3/b25-6+,34-17?/t29?,30-/m1/s1. The first-order valence-corrected chi connectivity index (χ1v) is 13.6. The molecule has 39 heavy (non-hydrogen) atoms. The number of benzene rings is 2. The second-order valence-electron chi connectivity index (χ2n) is 9.87. The number of amides is 1. The third kappa shape index (κ3) is 6.97. The van der Waals surface area contributed by atoms with Gasteiger partial charge in [0.05, 0.1) is 23.4 Å². The molecular formula is C30H36Cl2FN3O3. The van der Waals surface area contributed by atoms with Crippen LogP contribution in [0.15, 0.2) is 64.8 Å². The monoisotopic (exact) mass is 575 g/mol. The van der Waals surface area contributed by atoms with Crippen molar-refractivity contribution >= 4 is 35.8 Å². The molecule has 1 unspecified atom stereocenters. The molecule has 0 bridgehead atoms. The van der Waals surface area contributed by atoms with Gasteiger partial charge in [-0.2, -0.15) is 0 Å². The number of ether oxygens (including phenoxy) is 1. The number of carbonyl (C=O) groups excluding carboxylic acids is 1. The second kappa shape index (κ2) is 13.7. The first-order valence-electron chi connectivity index (χ1n) is 12.8. The lowest BCUT2D eigenvalue weighted by Crippen LogP contribution is -2.49. The van der Waals surface area contributed by atoms with Crippen LogP contribution in [0.1, 0.15) is 48.1 Å². The van der Waals surface area contributed by atoms with E-state index >= 15 is 4.39 Å². The molecule has 1 fully saturated rings. The molecular weight excluding hydrogens is 540 g/mol. The molecule has 1 aliphatic rings.